The standard InChI is InChI=1S/C25H31N7O3/c1-25(2,3)35-24(33)27-11-5-10-26-22-13-20(31-16-28-29-17-31)12-19-14-30-32(23(19)22)15-18-6-8-21(34-4)9-7-18/h6-9,12-14,16-17,26H,5,10-11,15H2,1-4H3,(H,27,33). The van der Waals surface area contributed by atoms with E-state index in [0.717, 1.165) is 40.0 Å². The van der Waals surface area contributed by atoms with Crippen molar-refractivity contribution < 1.29 is 14.3 Å². The molecule has 10 nitrogen and oxygen atoms in total. The number of nitrogens with zero attached hydrogens (tertiary/aromatic N) is 5. The predicted octanol–water partition coefficient (Wildman–Crippen LogP) is 4.00. The van der Waals surface area contributed by atoms with Gasteiger partial charge in [-0.1, -0.05) is 12.1 Å². The van der Waals surface area contributed by atoms with E-state index >= 15 is 0 Å². The molecule has 10 heteroatoms. The zero-order chi connectivity index (χ0) is 24.8. The van der Waals surface area contributed by atoms with Crippen LogP contribution in [0.3, 0.4) is 0 Å². The Bertz CT molecular complexity index is 1260. The second kappa shape index (κ2) is 10.5. The Morgan fingerprint density at radius 3 is 2.49 bits per heavy atom. The molecular weight excluding hydrogens is 446 g/mol. The normalized spacial score (nSPS) is 11.4. The van der Waals surface area contributed by atoms with Crippen LogP contribution >= 0.6 is 0 Å². The Balaban J connectivity index is 1.51. The number of alkyl carbamates (subject to hydrolysis) is 1. The van der Waals surface area contributed by atoms with Crippen LogP contribution in [0.2, 0.25) is 0 Å². The summed E-state index contributed by atoms with van der Waals surface area (Å²) in [4.78, 5) is 11.9. The summed E-state index contributed by atoms with van der Waals surface area (Å²) in [6, 6.07) is 12.1. The van der Waals surface area contributed by atoms with Gasteiger partial charge >= 0.3 is 6.09 Å². The molecule has 2 aromatic carbocycles. The van der Waals surface area contributed by atoms with Crippen molar-refractivity contribution in [3.8, 4) is 11.4 Å². The van der Waals surface area contributed by atoms with Crippen LogP contribution in [-0.4, -0.2) is 56.4 Å². The molecule has 2 N–H and O–H groups in total. The third kappa shape index (κ3) is 6.28. The number of aromatic nitrogens is 5. The zero-order valence-electron chi connectivity index (χ0n) is 20.5. The van der Waals surface area contributed by atoms with E-state index < -0.39 is 11.7 Å². The summed E-state index contributed by atoms with van der Waals surface area (Å²) < 4.78 is 14.4. The van der Waals surface area contributed by atoms with Gasteiger partial charge in [-0.2, -0.15) is 5.10 Å². The lowest BCUT2D eigenvalue weighted by molar-refractivity contribution is 0.0528. The monoisotopic (exact) mass is 477 g/mol. The average Bonchev–Trinajstić information content (AvgIpc) is 3.49. The molecule has 0 radical (unpaired) electrons. The summed E-state index contributed by atoms with van der Waals surface area (Å²) in [5.74, 6) is 0.819. The van der Waals surface area contributed by atoms with Gasteiger partial charge in [-0.05, 0) is 57.0 Å². The van der Waals surface area contributed by atoms with Gasteiger partial charge in [0.05, 0.1) is 36.7 Å². The van der Waals surface area contributed by atoms with Crippen molar-refractivity contribution in [2.75, 3.05) is 25.5 Å². The van der Waals surface area contributed by atoms with Crippen LogP contribution in [0.1, 0.15) is 32.8 Å². The summed E-state index contributed by atoms with van der Waals surface area (Å²) in [5.41, 5.74) is 3.47. The lowest BCUT2D eigenvalue weighted by atomic mass is 10.1. The van der Waals surface area contributed by atoms with E-state index in [9.17, 15) is 4.79 Å². The second-order valence-corrected chi connectivity index (χ2v) is 9.16. The Morgan fingerprint density at radius 1 is 1.06 bits per heavy atom. The molecule has 0 aliphatic carbocycles. The van der Waals surface area contributed by atoms with Gasteiger partial charge in [-0.15, -0.1) is 10.2 Å². The zero-order valence-corrected chi connectivity index (χ0v) is 20.5. The number of fused-ring (bicyclic) bond motifs is 1. The van der Waals surface area contributed by atoms with Gasteiger partial charge in [0.2, 0.25) is 0 Å². The minimum atomic E-state index is -0.515. The molecule has 35 heavy (non-hydrogen) atoms. The number of carbonyl (C=O) groups excluding carboxylic acids is 1. The van der Waals surface area contributed by atoms with Crippen molar-refractivity contribution in [3.63, 3.8) is 0 Å². The van der Waals surface area contributed by atoms with Gasteiger partial charge in [-0.3, -0.25) is 9.25 Å². The molecule has 2 aromatic heterocycles. The predicted molar refractivity (Wildman–Crippen MR) is 134 cm³/mol. The SMILES string of the molecule is COc1ccc(Cn2ncc3cc(-n4cnnc4)cc(NCCCNC(=O)OC(C)(C)C)c32)cc1. The van der Waals surface area contributed by atoms with Crippen molar-refractivity contribution in [1.82, 2.24) is 29.9 Å². The highest BCUT2D eigenvalue weighted by atomic mass is 16.6. The molecule has 0 saturated heterocycles. The summed E-state index contributed by atoms with van der Waals surface area (Å²) in [6.07, 6.45) is 5.51. The highest BCUT2D eigenvalue weighted by molar-refractivity contribution is 5.93. The number of ether oxygens (including phenoxy) is 2. The number of methoxy groups -OCH3 is 1. The lowest BCUT2D eigenvalue weighted by Crippen LogP contribution is -2.33. The minimum Gasteiger partial charge on any atom is -0.497 e. The maximum atomic E-state index is 11.9. The van der Waals surface area contributed by atoms with Gasteiger partial charge < -0.3 is 20.1 Å². The fraction of sp³-hybridized carbons (Fsp3) is 0.360. The van der Waals surface area contributed by atoms with Crippen LogP contribution in [0.15, 0.2) is 55.2 Å². The first-order valence-corrected chi connectivity index (χ1v) is 11.5. The average molecular weight is 478 g/mol. The number of anilines is 1. The Labute approximate surface area is 204 Å². The molecule has 184 valence electrons. The maximum absolute atomic E-state index is 11.9. The molecule has 0 aliphatic heterocycles. The fourth-order valence-electron chi connectivity index (χ4n) is 3.67. The molecule has 0 atom stereocenters. The first kappa shape index (κ1) is 24.1. The van der Waals surface area contributed by atoms with Crippen molar-refractivity contribution in [2.24, 2.45) is 0 Å². The van der Waals surface area contributed by atoms with Gasteiger partial charge in [0.25, 0.3) is 0 Å². The Morgan fingerprint density at radius 2 is 1.80 bits per heavy atom. The maximum Gasteiger partial charge on any atom is 0.407 e. The van der Waals surface area contributed by atoms with Crippen LogP contribution < -0.4 is 15.4 Å². The number of benzene rings is 2. The molecule has 0 aliphatic rings. The van der Waals surface area contributed by atoms with Crippen LogP contribution in [0.4, 0.5) is 10.5 Å². The third-order valence-corrected chi connectivity index (χ3v) is 5.26. The number of nitrogens with one attached hydrogen (secondary N) is 2. The second-order valence-electron chi connectivity index (χ2n) is 9.16. The van der Waals surface area contributed by atoms with Crippen LogP contribution in [0.5, 0.6) is 5.75 Å². The molecule has 0 bridgehead atoms. The summed E-state index contributed by atoms with van der Waals surface area (Å²) >= 11 is 0. The quantitative estimate of drug-likeness (QED) is 0.351. The number of hydrogen-bond acceptors (Lipinski definition) is 7. The van der Waals surface area contributed by atoms with Gasteiger partial charge in [0.1, 0.15) is 24.0 Å². The number of amides is 1. The van der Waals surface area contributed by atoms with Crippen molar-refractivity contribution >= 4 is 22.7 Å². The van der Waals surface area contributed by atoms with Gasteiger partial charge in [-0.25, -0.2) is 4.79 Å². The number of rotatable bonds is 9. The van der Waals surface area contributed by atoms with Crippen molar-refractivity contribution in [2.45, 2.75) is 39.3 Å². The van der Waals surface area contributed by atoms with E-state index in [2.05, 4.69) is 38.1 Å². The topological polar surface area (TPSA) is 108 Å². The van der Waals surface area contributed by atoms with Crippen LogP contribution in [0.25, 0.3) is 16.6 Å². The van der Waals surface area contributed by atoms with Gasteiger partial charge in [0.15, 0.2) is 0 Å². The molecule has 0 fully saturated rings. The first-order valence-electron chi connectivity index (χ1n) is 11.5. The van der Waals surface area contributed by atoms with Crippen LogP contribution in [0, 0.1) is 0 Å². The molecule has 0 unspecified atom stereocenters. The summed E-state index contributed by atoms with van der Waals surface area (Å²) in [5, 5.41) is 19.8. The van der Waals surface area contributed by atoms with E-state index in [1.807, 2.05) is 60.5 Å². The molecule has 1 amide bonds. The summed E-state index contributed by atoms with van der Waals surface area (Å²) in [6.45, 7) is 7.31. The fourth-order valence-corrected chi connectivity index (χ4v) is 3.67. The molecule has 4 rings (SSSR count). The highest BCUT2D eigenvalue weighted by Crippen LogP contribution is 2.28. The first-order chi connectivity index (χ1) is 16.8. The number of hydrogen-bond donors (Lipinski definition) is 2. The molecule has 4 aromatic rings. The van der Waals surface area contributed by atoms with Crippen molar-refractivity contribution in [3.05, 3.63) is 60.8 Å². The third-order valence-electron chi connectivity index (χ3n) is 5.26. The van der Waals surface area contributed by atoms with E-state index in [1.54, 1.807) is 19.8 Å². The van der Waals surface area contributed by atoms with Crippen LogP contribution in [-0.2, 0) is 11.3 Å². The highest BCUT2D eigenvalue weighted by Gasteiger charge is 2.16. The van der Waals surface area contributed by atoms with E-state index in [4.69, 9.17) is 9.47 Å². The molecule has 0 spiro atoms. The molecule has 2 heterocycles. The smallest absolute Gasteiger partial charge is 0.407 e. The van der Waals surface area contributed by atoms with E-state index in [1.165, 1.54) is 0 Å². The molecular formula is C25H31N7O3. The van der Waals surface area contributed by atoms with E-state index in [-0.39, 0.29) is 0 Å². The van der Waals surface area contributed by atoms with Gasteiger partial charge in [0, 0.05) is 18.5 Å². The summed E-state index contributed by atoms with van der Waals surface area (Å²) in [7, 11) is 1.66. The van der Waals surface area contributed by atoms with E-state index in [0.29, 0.717) is 19.6 Å². The Hall–Kier alpha value is -4.08. The van der Waals surface area contributed by atoms with Crippen molar-refractivity contribution in [1.29, 1.82) is 0 Å². The Kier molecular flexibility index (Phi) is 7.19. The number of carbonyl (C=O) groups is 1. The lowest BCUT2D eigenvalue weighted by Gasteiger charge is -2.19. The largest absolute Gasteiger partial charge is 0.497 e. The minimum absolute atomic E-state index is 0.410. The molecule has 0 saturated carbocycles.